The second kappa shape index (κ2) is 61.1. The zero-order chi connectivity index (χ0) is 89.7. The molecule has 4 atom stereocenters. The molecule has 33 heteroatoms. The quantitative estimate of drug-likeness (QED) is 0.0631. The number of unbranched alkanes of at least 4 members (excludes halogenated alkanes) is 5. The van der Waals surface area contributed by atoms with Crippen LogP contribution in [-0.4, -0.2) is 67.9 Å². The minimum atomic E-state index is -5.19. The molecule has 0 radical (unpaired) electrons. The van der Waals surface area contributed by atoms with Gasteiger partial charge in [-0.25, -0.2) is 0 Å². The Kier molecular flexibility index (Phi) is 73.1. The molecule has 0 bridgehead atoms. The smallest absolute Gasteiger partial charge is 0.171 e. The lowest BCUT2D eigenvalue weighted by Gasteiger charge is -2.31. The Bertz CT molecular complexity index is 1890. The van der Waals surface area contributed by atoms with Crippen molar-refractivity contribution in [3.8, 4) is 0 Å². The average molecular weight is 1670 g/mol. The number of alkyl halides is 33. The third-order valence-electron chi connectivity index (χ3n) is 17.3. The predicted octanol–water partition coefficient (Wildman–Crippen LogP) is 36.1. The summed E-state index contributed by atoms with van der Waals surface area (Å²) in [5, 5.41) is 0. The van der Waals surface area contributed by atoms with E-state index in [2.05, 4.69) is 48.5 Å². The molecule has 0 aromatic heterocycles. The van der Waals surface area contributed by atoms with Gasteiger partial charge >= 0.3 is 67.9 Å². The SMILES string of the molecule is CC(C)C(C)(C)C(F)(F)F.CC(C)CC(C(F)(F)F)C(F)(F)F.CCC(C)(C)C.CCC(C)CC.CCC(CC)CC(F)(F)F.CCCC(C)(C)C(F)(F)F.CCCCC(C(F)(F)F)C(F)(F)F.CCCCCCC(F)(F)F.CCCC[C@H](C)C(F)(F)F.CCC[C@H](C)CC(F)(F)F.CC[C@H](C)C(C)C(F)(F)F. The Morgan fingerprint density at radius 3 is 0.796 bits per heavy atom. The third-order valence-corrected chi connectivity index (χ3v) is 17.3. The van der Waals surface area contributed by atoms with Gasteiger partial charge in [0.05, 0.1) is 22.7 Å². The Morgan fingerprint density at radius 1 is 0.287 bits per heavy atom. The van der Waals surface area contributed by atoms with E-state index in [4.69, 9.17) is 0 Å². The van der Waals surface area contributed by atoms with Crippen LogP contribution in [0.2, 0.25) is 0 Å². The van der Waals surface area contributed by atoms with Gasteiger partial charge in [0.25, 0.3) is 0 Å². The van der Waals surface area contributed by atoms with E-state index in [0.29, 0.717) is 56.8 Å². The van der Waals surface area contributed by atoms with Crippen LogP contribution in [0.15, 0.2) is 0 Å². The molecule has 0 amide bonds. The van der Waals surface area contributed by atoms with E-state index in [1.807, 2.05) is 20.8 Å². The molecule has 0 aromatic carbocycles. The fraction of sp³-hybridized carbons (Fsp3) is 1.00. The number of rotatable bonds is 25. The molecule has 0 N–H and O–H groups in total. The molecule has 0 aliphatic carbocycles. The van der Waals surface area contributed by atoms with Crippen molar-refractivity contribution in [2.75, 3.05) is 0 Å². The summed E-state index contributed by atoms with van der Waals surface area (Å²) in [7, 11) is 0. The summed E-state index contributed by atoms with van der Waals surface area (Å²) in [4.78, 5) is 0. The first kappa shape index (κ1) is 129. The van der Waals surface area contributed by atoms with Crippen LogP contribution in [0.5, 0.6) is 0 Å². The summed E-state index contributed by atoms with van der Waals surface area (Å²) in [5.74, 6) is -9.39. The molecule has 0 heterocycles. The first-order valence-corrected chi connectivity index (χ1v) is 37.2. The fourth-order valence-electron chi connectivity index (χ4n) is 7.23. The Hall–Kier alpha value is -2.31. The summed E-state index contributed by atoms with van der Waals surface area (Å²) in [5.41, 5.74) is -2.53. The normalized spacial score (nSPS) is 14.1. The van der Waals surface area contributed by atoms with E-state index in [1.54, 1.807) is 62.3 Å². The van der Waals surface area contributed by atoms with Gasteiger partial charge in [-0.15, -0.1) is 0 Å². The van der Waals surface area contributed by atoms with Gasteiger partial charge < -0.3 is 0 Å². The summed E-state index contributed by atoms with van der Waals surface area (Å²) in [6.45, 7) is 46.5. The number of halogens is 33. The lowest BCUT2D eigenvalue weighted by atomic mass is 9.81. The van der Waals surface area contributed by atoms with E-state index in [-0.39, 0.29) is 49.4 Å². The summed E-state index contributed by atoms with van der Waals surface area (Å²) in [6, 6.07) is 0. The van der Waals surface area contributed by atoms with Crippen LogP contribution in [0.4, 0.5) is 145 Å². The molecule has 0 aliphatic rings. The van der Waals surface area contributed by atoms with Crippen LogP contribution in [0.25, 0.3) is 0 Å². The van der Waals surface area contributed by atoms with Gasteiger partial charge in [-0.05, 0) is 73.0 Å². The van der Waals surface area contributed by atoms with E-state index in [9.17, 15) is 145 Å². The molecule has 0 saturated heterocycles. The van der Waals surface area contributed by atoms with Gasteiger partial charge in [0.15, 0.2) is 11.8 Å². The highest BCUT2D eigenvalue weighted by Crippen LogP contribution is 2.46. The topological polar surface area (TPSA) is 0 Å². The molecule has 0 spiro atoms. The van der Waals surface area contributed by atoms with Crippen molar-refractivity contribution in [1.82, 2.24) is 0 Å². The largest absolute Gasteiger partial charge is 0.400 e. The lowest BCUT2D eigenvalue weighted by molar-refractivity contribution is -0.288. The van der Waals surface area contributed by atoms with Crippen LogP contribution in [0.3, 0.4) is 0 Å². The summed E-state index contributed by atoms with van der Waals surface area (Å²) in [6.07, 6.45) is -39.5. The highest BCUT2D eigenvalue weighted by Gasteiger charge is 2.57. The highest BCUT2D eigenvalue weighted by molar-refractivity contribution is 4.81. The van der Waals surface area contributed by atoms with E-state index < -0.39 is 140 Å². The van der Waals surface area contributed by atoms with E-state index >= 15 is 0 Å². The van der Waals surface area contributed by atoms with Crippen molar-refractivity contribution >= 4 is 0 Å². The first-order valence-electron chi connectivity index (χ1n) is 37.2. The standard InChI is InChI=1S/2C7H10F6.7C7H13F3.2C6H14/c1-4(2)3-5(6(8,9)10)7(11,12)13;1-2-3-4-5(6(8,9)10)7(11,12)13;1-5(2)6(3,4)7(8,9)10;1-4-5-6(2,3)7(8,9)10;1-4-5(2)6(3)7(8,9)10;1-3-4-6(2)5-7(8,9)10;1-3-4-5-6(2)7(8,9)10;1-3-6(4-2)5-7(8,9)10;1-2-3-4-5-6-7(8,9)10;1-5-6(2,3)4;1-4-6(3)5-2/h4-5H,3H2,1-2H3;5H,2-4H2,1H3;5H,1-4H3;4-5H2,1-3H3;5-6H,4H2,1-3H3;3*6H,3-5H2,1-2H3;2-6H2,1H3;5H2,1-4H3;6H,4-5H2,1-3H3/t;;;;5-,6?;2*6-;;;;/m....000..../s1. The molecular weight excluding hydrogens is 1530 g/mol. The van der Waals surface area contributed by atoms with Gasteiger partial charge in [0.2, 0.25) is 0 Å². The average Bonchev–Trinajstić information content (AvgIpc) is 0.852. The second-order valence-corrected chi connectivity index (χ2v) is 30.3. The predicted molar refractivity (Wildman–Crippen MR) is 373 cm³/mol. The maximum absolute atomic E-state index is 12.1. The van der Waals surface area contributed by atoms with Crippen LogP contribution in [0.1, 0.15) is 341 Å². The van der Waals surface area contributed by atoms with Crippen LogP contribution < -0.4 is 0 Å². The Balaban J connectivity index is -0.000000107. The molecular formula is C75H139F33. The molecule has 670 valence electrons. The third kappa shape index (κ3) is 89.2. The summed E-state index contributed by atoms with van der Waals surface area (Å²) < 4.78 is 390. The van der Waals surface area contributed by atoms with Crippen LogP contribution >= 0.6 is 0 Å². The molecule has 0 fully saturated rings. The number of hydrogen-bond donors (Lipinski definition) is 0. The van der Waals surface area contributed by atoms with Crippen molar-refractivity contribution in [2.24, 2.45) is 75.4 Å². The molecule has 0 rings (SSSR count). The maximum Gasteiger partial charge on any atom is 0.400 e. The highest BCUT2D eigenvalue weighted by atomic mass is 19.5. The second-order valence-electron chi connectivity index (χ2n) is 30.3. The Morgan fingerprint density at radius 2 is 0.639 bits per heavy atom. The Labute approximate surface area is 627 Å². The monoisotopic (exact) mass is 1670 g/mol. The van der Waals surface area contributed by atoms with Crippen molar-refractivity contribution in [3.05, 3.63) is 0 Å². The molecule has 0 nitrogen and oxygen atoms in total. The fourth-order valence-corrected chi connectivity index (χ4v) is 7.23. The van der Waals surface area contributed by atoms with E-state index in [1.165, 1.54) is 74.7 Å². The van der Waals surface area contributed by atoms with Crippen molar-refractivity contribution < 1.29 is 145 Å². The van der Waals surface area contributed by atoms with Crippen LogP contribution in [-0.2, 0) is 0 Å². The first-order chi connectivity index (χ1) is 47.5. The van der Waals surface area contributed by atoms with Crippen molar-refractivity contribution in [3.63, 3.8) is 0 Å². The minimum Gasteiger partial charge on any atom is -0.171 e. The summed E-state index contributed by atoms with van der Waals surface area (Å²) >= 11 is 0. The molecule has 1 unspecified atom stereocenters. The maximum atomic E-state index is 12.1. The minimum absolute atomic E-state index is 0.0658. The zero-order valence-corrected chi connectivity index (χ0v) is 69.2. The van der Waals surface area contributed by atoms with E-state index in [0.717, 1.165) is 31.6 Å². The molecule has 0 saturated carbocycles. The number of hydrogen-bond acceptors (Lipinski definition) is 0. The lowest BCUT2D eigenvalue weighted by Crippen LogP contribution is -2.37. The van der Waals surface area contributed by atoms with Gasteiger partial charge in [-0.3, -0.25) is 0 Å². The van der Waals surface area contributed by atoms with Gasteiger partial charge in [-0.1, -0.05) is 290 Å². The molecule has 0 aromatic rings. The van der Waals surface area contributed by atoms with Crippen molar-refractivity contribution in [1.29, 1.82) is 0 Å². The van der Waals surface area contributed by atoms with Gasteiger partial charge in [0.1, 0.15) is 0 Å². The molecule has 108 heavy (non-hydrogen) atoms. The zero-order valence-electron chi connectivity index (χ0n) is 69.2. The van der Waals surface area contributed by atoms with Crippen LogP contribution in [0, 0.1) is 75.4 Å². The van der Waals surface area contributed by atoms with Gasteiger partial charge in [0, 0.05) is 19.3 Å². The van der Waals surface area contributed by atoms with Crippen molar-refractivity contribution in [2.45, 2.75) is 409 Å². The van der Waals surface area contributed by atoms with Gasteiger partial charge in [-0.2, -0.15) is 145 Å². The molecule has 0 aliphatic heterocycles.